The number of aliphatic hydroxyl groups excluding tert-OH is 1. The summed E-state index contributed by atoms with van der Waals surface area (Å²) >= 11 is 0. The van der Waals surface area contributed by atoms with Crippen LogP contribution >= 0.6 is 0 Å². The zero-order valence-corrected chi connectivity index (χ0v) is 12.6. The number of hydrogen-bond donors (Lipinski definition) is 2. The van der Waals surface area contributed by atoms with Gasteiger partial charge in [0.05, 0.1) is 12.6 Å². The molecule has 0 heterocycles. The fourth-order valence-electron chi connectivity index (χ4n) is 3.14. The lowest BCUT2D eigenvalue weighted by molar-refractivity contribution is -0.136. The molecule has 0 aliphatic heterocycles. The molecule has 1 aliphatic carbocycles. The van der Waals surface area contributed by atoms with Gasteiger partial charge in [0.1, 0.15) is 0 Å². The highest BCUT2D eigenvalue weighted by molar-refractivity contribution is 5.82. The van der Waals surface area contributed by atoms with E-state index in [2.05, 4.69) is 0 Å². The van der Waals surface area contributed by atoms with E-state index < -0.39 is 6.04 Å². The number of rotatable bonds is 6. The second kappa shape index (κ2) is 8.15. The van der Waals surface area contributed by atoms with E-state index in [1.807, 2.05) is 35.2 Å². The summed E-state index contributed by atoms with van der Waals surface area (Å²) in [6.45, 7) is 0.395. The highest BCUT2D eigenvalue weighted by atomic mass is 16.3. The van der Waals surface area contributed by atoms with Crippen molar-refractivity contribution in [3.05, 3.63) is 35.9 Å². The third kappa shape index (κ3) is 4.55. The molecule has 4 heteroatoms. The van der Waals surface area contributed by atoms with Gasteiger partial charge in [-0.1, -0.05) is 49.6 Å². The largest absolute Gasteiger partial charge is 0.395 e. The molecule has 0 bridgehead atoms. The van der Waals surface area contributed by atoms with Gasteiger partial charge in [-0.25, -0.2) is 0 Å². The Balaban J connectivity index is 1.99. The molecule has 116 valence electrons. The molecule has 0 spiro atoms. The quantitative estimate of drug-likeness (QED) is 0.838. The monoisotopic (exact) mass is 290 g/mol. The van der Waals surface area contributed by atoms with E-state index in [1.54, 1.807) is 0 Å². The van der Waals surface area contributed by atoms with Crippen molar-refractivity contribution in [2.75, 3.05) is 13.2 Å². The Bertz CT molecular complexity index is 430. The average Bonchev–Trinajstić information content (AvgIpc) is 2.53. The first kappa shape index (κ1) is 16.0. The zero-order chi connectivity index (χ0) is 15.1. The number of nitrogens with two attached hydrogens (primary N) is 1. The number of nitrogens with zero attached hydrogens (tertiary/aromatic N) is 1. The molecule has 4 nitrogen and oxygen atoms in total. The van der Waals surface area contributed by atoms with Crippen LogP contribution in [-0.2, 0) is 11.2 Å². The van der Waals surface area contributed by atoms with Crippen LogP contribution in [0.3, 0.4) is 0 Å². The lowest BCUT2D eigenvalue weighted by Crippen LogP contribution is -2.51. The van der Waals surface area contributed by atoms with E-state index in [1.165, 1.54) is 6.42 Å². The Hall–Kier alpha value is -1.39. The number of benzene rings is 1. The highest BCUT2D eigenvalue weighted by Gasteiger charge is 2.28. The first-order valence-corrected chi connectivity index (χ1v) is 7.93. The molecule has 21 heavy (non-hydrogen) atoms. The fourth-order valence-corrected chi connectivity index (χ4v) is 3.14. The van der Waals surface area contributed by atoms with Crippen molar-refractivity contribution in [1.29, 1.82) is 0 Å². The van der Waals surface area contributed by atoms with Crippen molar-refractivity contribution in [3.8, 4) is 0 Å². The Labute approximate surface area is 126 Å². The first-order chi connectivity index (χ1) is 10.2. The molecule has 2 rings (SSSR count). The van der Waals surface area contributed by atoms with Gasteiger partial charge in [-0.15, -0.1) is 0 Å². The number of carbonyl (C=O) groups excluding carboxylic acids is 1. The minimum atomic E-state index is -0.527. The third-order valence-corrected chi connectivity index (χ3v) is 4.26. The number of hydrogen-bond acceptors (Lipinski definition) is 3. The first-order valence-electron chi connectivity index (χ1n) is 7.93. The predicted molar refractivity (Wildman–Crippen MR) is 83.8 cm³/mol. The van der Waals surface area contributed by atoms with Crippen LogP contribution in [0.4, 0.5) is 0 Å². The lowest BCUT2D eigenvalue weighted by Gasteiger charge is -2.35. The van der Waals surface area contributed by atoms with Crippen molar-refractivity contribution in [2.45, 2.75) is 50.6 Å². The van der Waals surface area contributed by atoms with Crippen molar-refractivity contribution in [3.63, 3.8) is 0 Å². The fraction of sp³-hybridized carbons (Fsp3) is 0.588. The lowest BCUT2D eigenvalue weighted by atomic mass is 9.93. The van der Waals surface area contributed by atoms with Crippen LogP contribution in [0, 0.1) is 0 Å². The number of carbonyl (C=O) groups is 1. The summed E-state index contributed by atoms with van der Waals surface area (Å²) in [5, 5.41) is 9.25. The van der Waals surface area contributed by atoms with Crippen LogP contribution in [0.15, 0.2) is 30.3 Å². The second-order valence-electron chi connectivity index (χ2n) is 5.84. The Kier molecular flexibility index (Phi) is 6.21. The van der Waals surface area contributed by atoms with Gasteiger partial charge >= 0.3 is 0 Å². The maximum atomic E-state index is 12.6. The van der Waals surface area contributed by atoms with Crippen LogP contribution < -0.4 is 5.73 Å². The standard InChI is InChI=1S/C17H26N2O2/c18-16(13-14-7-3-1-4-8-14)17(21)19(11-12-20)15-9-5-2-6-10-15/h1,3-4,7-8,15-16,20H,2,5-6,9-13,18H2. The van der Waals surface area contributed by atoms with Crippen LogP contribution in [0.2, 0.25) is 0 Å². The molecule has 1 aromatic rings. The van der Waals surface area contributed by atoms with Crippen molar-refractivity contribution < 1.29 is 9.90 Å². The molecule has 1 unspecified atom stereocenters. The maximum Gasteiger partial charge on any atom is 0.240 e. The van der Waals surface area contributed by atoms with Gasteiger partial charge in [0.25, 0.3) is 0 Å². The molecule has 1 fully saturated rings. The molecule has 1 saturated carbocycles. The van der Waals surface area contributed by atoms with E-state index in [-0.39, 0.29) is 18.6 Å². The van der Waals surface area contributed by atoms with Gasteiger partial charge in [-0.2, -0.15) is 0 Å². The normalized spacial score (nSPS) is 17.4. The topological polar surface area (TPSA) is 66.6 Å². The second-order valence-corrected chi connectivity index (χ2v) is 5.84. The maximum absolute atomic E-state index is 12.6. The van der Waals surface area contributed by atoms with E-state index >= 15 is 0 Å². The Morgan fingerprint density at radius 1 is 1.24 bits per heavy atom. The highest BCUT2D eigenvalue weighted by Crippen LogP contribution is 2.23. The summed E-state index contributed by atoms with van der Waals surface area (Å²) in [4.78, 5) is 14.4. The molecular formula is C17H26N2O2. The van der Waals surface area contributed by atoms with Gasteiger partial charge in [-0.05, 0) is 24.8 Å². The van der Waals surface area contributed by atoms with Gasteiger partial charge in [0.15, 0.2) is 0 Å². The van der Waals surface area contributed by atoms with Crippen LogP contribution in [0.25, 0.3) is 0 Å². The molecule has 0 saturated heterocycles. The van der Waals surface area contributed by atoms with Crippen LogP contribution in [0.1, 0.15) is 37.7 Å². The summed E-state index contributed by atoms with van der Waals surface area (Å²) < 4.78 is 0. The smallest absolute Gasteiger partial charge is 0.240 e. The molecule has 1 aromatic carbocycles. The third-order valence-electron chi connectivity index (χ3n) is 4.26. The van der Waals surface area contributed by atoms with Crippen LogP contribution in [0.5, 0.6) is 0 Å². The molecular weight excluding hydrogens is 264 g/mol. The SMILES string of the molecule is NC(Cc1ccccc1)C(=O)N(CCO)C1CCCCC1. The van der Waals surface area contributed by atoms with Gasteiger partial charge < -0.3 is 15.7 Å². The summed E-state index contributed by atoms with van der Waals surface area (Å²) in [7, 11) is 0. The molecule has 0 aromatic heterocycles. The van der Waals surface area contributed by atoms with Gasteiger partial charge in [0.2, 0.25) is 5.91 Å². The van der Waals surface area contributed by atoms with Crippen molar-refractivity contribution in [2.24, 2.45) is 5.73 Å². The van der Waals surface area contributed by atoms with Gasteiger partial charge in [-0.3, -0.25) is 4.79 Å². The summed E-state index contributed by atoms with van der Waals surface area (Å²) in [5.74, 6) is -0.0280. The minimum absolute atomic E-state index is 0.000295. The zero-order valence-electron chi connectivity index (χ0n) is 12.6. The Morgan fingerprint density at radius 3 is 2.52 bits per heavy atom. The minimum Gasteiger partial charge on any atom is -0.395 e. The Morgan fingerprint density at radius 2 is 1.90 bits per heavy atom. The van der Waals surface area contributed by atoms with Crippen LogP contribution in [-0.4, -0.2) is 41.1 Å². The molecule has 1 atom stereocenters. The van der Waals surface area contributed by atoms with E-state index in [0.717, 1.165) is 31.2 Å². The molecule has 1 aliphatic rings. The number of amides is 1. The van der Waals surface area contributed by atoms with E-state index in [9.17, 15) is 9.90 Å². The summed E-state index contributed by atoms with van der Waals surface area (Å²) in [5.41, 5.74) is 7.19. The summed E-state index contributed by atoms with van der Waals surface area (Å²) in [6.07, 6.45) is 6.18. The molecule has 1 amide bonds. The van der Waals surface area contributed by atoms with E-state index in [0.29, 0.717) is 13.0 Å². The number of aliphatic hydroxyl groups is 1. The predicted octanol–water partition coefficient (Wildman–Crippen LogP) is 1.71. The van der Waals surface area contributed by atoms with Gasteiger partial charge in [0, 0.05) is 12.6 Å². The molecule has 3 N–H and O–H groups in total. The average molecular weight is 290 g/mol. The van der Waals surface area contributed by atoms with Crippen molar-refractivity contribution >= 4 is 5.91 Å². The van der Waals surface area contributed by atoms with E-state index in [4.69, 9.17) is 5.73 Å². The summed E-state index contributed by atoms with van der Waals surface area (Å²) in [6, 6.07) is 9.57. The van der Waals surface area contributed by atoms with Crippen molar-refractivity contribution in [1.82, 2.24) is 4.90 Å². The molecule has 0 radical (unpaired) electrons.